The van der Waals surface area contributed by atoms with Crippen LogP contribution in [0.15, 0.2) is 35.6 Å². The minimum absolute atomic E-state index is 0.0620. The van der Waals surface area contributed by atoms with Crippen molar-refractivity contribution in [2.24, 2.45) is 0 Å². The predicted octanol–water partition coefficient (Wildman–Crippen LogP) is 1.85. The van der Waals surface area contributed by atoms with E-state index in [9.17, 15) is 12.8 Å². The van der Waals surface area contributed by atoms with Gasteiger partial charge in [0.05, 0.1) is 11.9 Å². The van der Waals surface area contributed by atoms with Crippen molar-refractivity contribution in [1.82, 2.24) is 15.3 Å². The lowest BCUT2D eigenvalue weighted by Gasteiger charge is -2.06. The highest BCUT2D eigenvalue weighted by Crippen LogP contribution is 2.18. The fourth-order valence-corrected chi connectivity index (χ4v) is 2.82. The summed E-state index contributed by atoms with van der Waals surface area (Å²) in [6.45, 7) is 3.44. The molecular formula is C13H17FN4O2S. The average molecular weight is 312 g/mol. The molecule has 114 valence electrons. The van der Waals surface area contributed by atoms with Crippen LogP contribution >= 0.6 is 0 Å². The third-order valence-electron chi connectivity index (χ3n) is 2.79. The second-order valence-electron chi connectivity index (χ2n) is 4.50. The summed E-state index contributed by atoms with van der Waals surface area (Å²) in [4.78, 5) is 6.51. The number of halogens is 1. The Morgan fingerprint density at radius 1 is 1.43 bits per heavy atom. The quantitative estimate of drug-likeness (QED) is 0.681. The summed E-state index contributed by atoms with van der Waals surface area (Å²) < 4.78 is 40.0. The summed E-state index contributed by atoms with van der Waals surface area (Å²) in [6.07, 6.45) is 4.65. The van der Waals surface area contributed by atoms with E-state index in [-0.39, 0.29) is 10.6 Å². The number of rotatable bonds is 7. The number of H-pyrrole nitrogens is 1. The molecule has 0 radical (unpaired) electrons. The maximum absolute atomic E-state index is 13.4. The van der Waals surface area contributed by atoms with E-state index in [0.29, 0.717) is 6.54 Å². The first-order chi connectivity index (χ1) is 10.0. The molecule has 0 spiro atoms. The van der Waals surface area contributed by atoms with Gasteiger partial charge in [-0.2, -0.15) is 0 Å². The molecule has 8 heteroatoms. The Hall–Kier alpha value is -1.93. The Balaban J connectivity index is 2.11. The van der Waals surface area contributed by atoms with Gasteiger partial charge in [0.2, 0.25) is 0 Å². The highest BCUT2D eigenvalue weighted by Gasteiger charge is 2.17. The largest absolute Gasteiger partial charge is 0.363 e. The van der Waals surface area contributed by atoms with Crippen molar-refractivity contribution in [2.75, 3.05) is 11.3 Å². The summed E-state index contributed by atoms with van der Waals surface area (Å²) in [7, 11) is -3.82. The van der Waals surface area contributed by atoms with Gasteiger partial charge in [0.15, 0.2) is 5.82 Å². The molecule has 0 saturated carbocycles. The van der Waals surface area contributed by atoms with Crippen LogP contribution in [0.25, 0.3) is 0 Å². The summed E-state index contributed by atoms with van der Waals surface area (Å²) in [5.41, 5.74) is 0.621. The van der Waals surface area contributed by atoms with Gasteiger partial charge >= 0.3 is 0 Å². The van der Waals surface area contributed by atoms with E-state index in [2.05, 4.69) is 20.0 Å². The predicted molar refractivity (Wildman–Crippen MR) is 77.8 cm³/mol. The molecule has 2 aromatic rings. The van der Waals surface area contributed by atoms with Crippen LogP contribution in [0.2, 0.25) is 0 Å². The van der Waals surface area contributed by atoms with Gasteiger partial charge in [-0.1, -0.05) is 6.92 Å². The molecule has 0 unspecified atom stereocenters. The Kier molecular flexibility index (Phi) is 4.92. The van der Waals surface area contributed by atoms with Crippen LogP contribution in [0.4, 0.5) is 10.1 Å². The van der Waals surface area contributed by atoms with E-state index >= 15 is 0 Å². The lowest BCUT2D eigenvalue weighted by Crippen LogP contribution is -2.14. The molecule has 0 saturated heterocycles. The van der Waals surface area contributed by atoms with Gasteiger partial charge < -0.3 is 10.3 Å². The third-order valence-corrected chi connectivity index (χ3v) is 4.13. The molecular weight excluding hydrogens is 295 g/mol. The first-order valence-corrected chi connectivity index (χ1v) is 8.01. The van der Waals surface area contributed by atoms with E-state index in [0.717, 1.165) is 24.9 Å². The summed E-state index contributed by atoms with van der Waals surface area (Å²) in [5, 5.41) is 3.16. The number of hydrogen-bond donors (Lipinski definition) is 3. The Morgan fingerprint density at radius 3 is 2.95 bits per heavy atom. The normalized spacial score (nSPS) is 11.5. The van der Waals surface area contributed by atoms with Gasteiger partial charge in [-0.05, 0) is 25.1 Å². The molecule has 6 nitrogen and oxygen atoms in total. The van der Waals surface area contributed by atoms with Crippen molar-refractivity contribution >= 4 is 15.7 Å². The SMILES string of the molecule is CCCNCc1cc(S(=O)(=O)Nc2ccncc2F)c[nH]1. The first-order valence-electron chi connectivity index (χ1n) is 6.53. The van der Waals surface area contributed by atoms with E-state index in [1.165, 1.54) is 24.5 Å². The zero-order valence-corrected chi connectivity index (χ0v) is 12.4. The van der Waals surface area contributed by atoms with Crippen molar-refractivity contribution in [3.05, 3.63) is 42.2 Å². The van der Waals surface area contributed by atoms with Crippen molar-refractivity contribution in [2.45, 2.75) is 24.8 Å². The standard InChI is InChI=1S/C13H17FN4O2S/c1-2-4-15-7-10-6-11(8-17-10)21(19,20)18-13-3-5-16-9-12(13)14/h3,5-6,8-9,15,17H,2,4,7H2,1H3,(H,16,18). The second-order valence-corrected chi connectivity index (χ2v) is 6.18. The van der Waals surface area contributed by atoms with Gasteiger partial charge in [-0.25, -0.2) is 12.8 Å². The minimum atomic E-state index is -3.82. The van der Waals surface area contributed by atoms with E-state index in [1.54, 1.807) is 0 Å². The van der Waals surface area contributed by atoms with Gasteiger partial charge in [0.1, 0.15) is 4.90 Å². The van der Waals surface area contributed by atoms with Crippen LogP contribution in [-0.4, -0.2) is 24.9 Å². The molecule has 0 amide bonds. The third kappa shape index (κ3) is 4.02. The minimum Gasteiger partial charge on any atom is -0.363 e. The lowest BCUT2D eigenvalue weighted by molar-refractivity contribution is 0.598. The highest BCUT2D eigenvalue weighted by molar-refractivity contribution is 7.92. The number of hydrogen-bond acceptors (Lipinski definition) is 4. The second kappa shape index (κ2) is 6.68. The molecule has 0 aliphatic heterocycles. The van der Waals surface area contributed by atoms with Crippen molar-refractivity contribution in [3.63, 3.8) is 0 Å². The molecule has 0 aromatic carbocycles. The van der Waals surface area contributed by atoms with E-state index < -0.39 is 15.8 Å². The van der Waals surface area contributed by atoms with Crippen molar-refractivity contribution < 1.29 is 12.8 Å². The average Bonchev–Trinajstić information content (AvgIpc) is 2.91. The van der Waals surface area contributed by atoms with E-state index in [4.69, 9.17) is 0 Å². The number of nitrogens with one attached hydrogen (secondary N) is 3. The molecule has 2 heterocycles. The summed E-state index contributed by atoms with van der Waals surface area (Å²) in [5.74, 6) is -0.721. The summed E-state index contributed by atoms with van der Waals surface area (Å²) >= 11 is 0. The van der Waals surface area contributed by atoms with Crippen molar-refractivity contribution in [1.29, 1.82) is 0 Å². The van der Waals surface area contributed by atoms with Gasteiger partial charge in [0, 0.05) is 24.6 Å². The molecule has 21 heavy (non-hydrogen) atoms. The fraction of sp³-hybridized carbons (Fsp3) is 0.308. The number of aromatic nitrogens is 2. The Labute approximate surface area is 122 Å². The number of anilines is 1. The zero-order valence-electron chi connectivity index (χ0n) is 11.6. The van der Waals surface area contributed by atoms with Gasteiger partial charge in [-0.3, -0.25) is 9.71 Å². The zero-order chi connectivity index (χ0) is 15.3. The topological polar surface area (TPSA) is 86.9 Å². The maximum atomic E-state index is 13.4. The molecule has 0 bridgehead atoms. The van der Waals surface area contributed by atoms with Crippen LogP contribution < -0.4 is 10.0 Å². The molecule has 0 atom stereocenters. The summed E-state index contributed by atoms with van der Waals surface area (Å²) in [6, 6.07) is 2.79. The first kappa shape index (κ1) is 15.5. The molecule has 0 aliphatic carbocycles. The highest BCUT2D eigenvalue weighted by atomic mass is 32.2. The van der Waals surface area contributed by atoms with Crippen LogP contribution in [-0.2, 0) is 16.6 Å². The van der Waals surface area contributed by atoms with Gasteiger partial charge in [-0.15, -0.1) is 0 Å². The molecule has 2 aromatic heterocycles. The smallest absolute Gasteiger partial charge is 0.263 e. The molecule has 3 N–H and O–H groups in total. The monoisotopic (exact) mass is 312 g/mol. The lowest BCUT2D eigenvalue weighted by atomic mass is 10.4. The number of sulfonamides is 1. The van der Waals surface area contributed by atoms with Crippen LogP contribution in [0, 0.1) is 5.82 Å². The van der Waals surface area contributed by atoms with Crippen LogP contribution in [0.5, 0.6) is 0 Å². The Morgan fingerprint density at radius 2 is 2.24 bits per heavy atom. The number of nitrogens with zero attached hydrogens (tertiary/aromatic N) is 1. The van der Waals surface area contributed by atoms with Crippen LogP contribution in [0.3, 0.4) is 0 Å². The molecule has 0 fully saturated rings. The Bertz CT molecular complexity index is 700. The number of aromatic amines is 1. The molecule has 0 aliphatic rings. The molecule has 2 rings (SSSR count). The number of pyridine rings is 1. The maximum Gasteiger partial charge on any atom is 0.263 e. The van der Waals surface area contributed by atoms with Gasteiger partial charge in [0.25, 0.3) is 10.0 Å². The van der Waals surface area contributed by atoms with Crippen molar-refractivity contribution in [3.8, 4) is 0 Å². The van der Waals surface area contributed by atoms with E-state index in [1.807, 2.05) is 6.92 Å². The van der Waals surface area contributed by atoms with Crippen LogP contribution in [0.1, 0.15) is 19.0 Å². The fourth-order valence-electron chi connectivity index (χ4n) is 1.74.